The lowest BCUT2D eigenvalue weighted by molar-refractivity contribution is 1.13. The van der Waals surface area contributed by atoms with Crippen LogP contribution in [0.15, 0.2) is 47.6 Å². The van der Waals surface area contributed by atoms with E-state index in [2.05, 4.69) is 58.4 Å². The Kier molecular flexibility index (Phi) is 4.90. The highest BCUT2D eigenvalue weighted by Crippen LogP contribution is 2.21. The van der Waals surface area contributed by atoms with Crippen LogP contribution in [-0.4, -0.2) is 36.3 Å². The van der Waals surface area contributed by atoms with Gasteiger partial charge in [-0.3, -0.25) is 0 Å². The highest BCUT2D eigenvalue weighted by molar-refractivity contribution is 7.01. The molecule has 0 bridgehead atoms. The maximum atomic E-state index is 11.3. The van der Waals surface area contributed by atoms with E-state index in [0.717, 1.165) is 10.9 Å². The Morgan fingerprint density at radius 2 is 1.48 bits per heavy atom. The van der Waals surface area contributed by atoms with Crippen molar-refractivity contribution in [1.29, 1.82) is 0 Å². The van der Waals surface area contributed by atoms with E-state index >= 15 is 0 Å². The van der Waals surface area contributed by atoms with Gasteiger partial charge in [0, 0.05) is 39.6 Å². The molecule has 0 N–H and O–H groups in total. The molecule has 122 valence electrons. The van der Waals surface area contributed by atoms with E-state index in [1.54, 1.807) is 0 Å². The van der Waals surface area contributed by atoms with E-state index in [1.165, 1.54) is 10.9 Å². The maximum Gasteiger partial charge on any atom is 0.115 e. The van der Waals surface area contributed by atoms with Crippen molar-refractivity contribution >= 4 is 35.5 Å². The molecule has 0 spiro atoms. The summed E-state index contributed by atoms with van der Waals surface area (Å²) in [4.78, 5) is 15.5. The lowest BCUT2D eigenvalue weighted by Crippen LogP contribution is -2.53. The smallest absolute Gasteiger partial charge is 0.115 e. The number of hydrogen-bond donors (Lipinski definition) is 0. The van der Waals surface area contributed by atoms with Crippen LogP contribution >= 0.6 is 0 Å². The van der Waals surface area contributed by atoms with Crippen molar-refractivity contribution in [2.75, 3.05) is 38.0 Å². The number of nitrogens with zero attached hydrogens (tertiary/aromatic N) is 3. The van der Waals surface area contributed by atoms with E-state index in [-0.39, 0.29) is 0 Å². The summed E-state index contributed by atoms with van der Waals surface area (Å²) in [6.45, 7) is 4.54. The third-order valence-electron chi connectivity index (χ3n) is 4.35. The zero-order valence-corrected chi connectivity index (χ0v) is 15.8. The third-order valence-corrected chi connectivity index (χ3v) is 7.85. The number of benzene rings is 2. The summed E-state index contributed by atoms with van der Waals surface area (Å²) in [7, 11) is 6.07. The molecule has 0 aliphatic carbocycles. The molecule has 2 aromatic carbocycles. The number of hydrogen-bond acceptors (Lipinski definition) is 4. The lowest BCUT2D eigenvalue weighted by Gasteiger charge is -2.27. The molecule has 0 saturated heterocycles. The van der Waals surface area contributed by atoms with Crippen molar-refractivity contribution < 1.29 is 0 Å². The Bertz CT molecular complexity index is 711. The average Bonchev–Trinajstić information content (AvgIpc) is 2.54. The summed E-state index contributed by atoms with van der Waals surface area (Å²) in [5, 5.41) is 5.65. The van der Waals surface area contributed by atoms with Gasteiger partial charge in [0.15, 0.2) is 0 Å². The van der Waals surface area contributed by atoms with E-state index in [4.69, 9.17) is 0 Å². The normalized spacial score (nSPS) is 11.2. The van der Waals surface area contributed by atoms with Crippen LogP contribution < -0.4 is 20.2 Å². The van der Waals surface area contributed by atoms with E-state index < -0.39 is 8.07 Å². The maximum absolute atomic E-state index is 11.3. The van der Waals surface area contributed by atoms with Crippen molar-refractivity contribution in [3.63, 3.8) is 0 Å². The largest absolute Gasteiger partial charge is 0.378 e. The van der Waals surface area contributed by atoms with Gasteiger partial charge in [-0.25, -0.2) is 0 Å². The molecule has 23 heavy (non-hydrogen) atoms. The SMILES string of the molecule is CN(C)c1cccc([Si](C)(C)c2cc(N(C)C)ccc2N=O)c1. The first-order valence-electron chi connectivity index (χ1n) is 7.70. The summed E-state index contributed by atoms with van der Waals surface area (Å²) < 4.78 is 0. The molecule has 0 atom stereocenters. The quantitative estimate of drug-likeness (QED) is 0.625. The minimum atomic E-state index is -2.02. The van der Waals surface area contributed by atoms with Crippen LogP contribution in [0.25, 0.3) is 0 Å². The fraction of sp³-hybridized carbons (Fsp3) is 0.333. The van der Waals surface area contributed by atoms with Crippen LogP contribution in [0.4, 0.5) is 17.1 Å². The molecule has 0 aliphatic rings. The Labute approximate surface area is 139 Å². The Balaban J connectivity index is 2.60. The minimum Gasteiger partial charge on any atom is -0.378 e. The first-order chi connectivity index (χ1) is 10.8. The van der Waals surface area contributed by atoms with Crippen LogP contribution in [0.5, 0.6) is 0 Å². The van der Waals surface area contributed by atoms with Crippen LogP contribution in [0.2, 0.25) is 13.1 Å². The van der Waals surface area contributed by atoms with Crippen molar-refractivity contribution in [2.45, 2.75) is 13.1 Å². The fourth-order valence-corrected chi connectivity index (χ4v) is 5.32. The summed E-state index contributed by atoms with van der Waals surface area (Å²) in [5.74, 6) is 0. The topological polar surface area (TPSA) is 35.9 Å². The zero-order chi connectivity index (χ0) is 17.2. The predicted molar refractivity (Wildman–Crippen MR) is 104 cm³/mol. The van der Waals surface area contributed by atoms with Crippen molar-refractivity contribution in [3.05, 3.63) is 47.4 Å². The second kappa shape index (κ2) is 6.54. The standard InChI is InChI=1S/C18H25N3OSi/c1-20(2)14-8-7-9-16(12-14)23(5,6)18-13-15(21(3)4)10-11-17(18)19-22/h7-13H,1-6H3. The monoisotopic (exact) mass is 327 g/mol. The molecule has 2 rings (SSSR count). The van der Waals surface area contributed by atoms with Gasteiger partial charge in [-0.2, -0.15) is 0 Å². The lowest BCUT2D eigenvalue weighted by atomic mass is 10.2. The summed E-state index contributed by atoms with van der Waals surface area (Å²) in [5.41, 5.74) is 2.83. The first-order valence-corrected chi connectivity index (χ1v) is 10.7. The third kappa shape index (κ3) is 3.45. The Morgan fingerprint density at radius 1 is 0.870 bits per heavy atom. The van der Waals surface area contributed by atoms with Crippen molar-refractivity contribution in [2.24, 2.45) is 5.18 Å². The summed E-state index contributed by atoms with van der Waals surface area (Å²) in [6, 6.07) is 14.5. The molecular formula is C18H25N3OSi. The molecule has 0 unspecified atom stereocenters. The van der Waals surface area contributed by atoms with E-state index in [0.29, 0.717) is 5.69 Å². The van der Waals surface area contributed by atoms with Crippen LogP contribution in [0, 0.1) is 4.91 Å². The number of anilines is 2. The summed E-state index contributed by atoms with van der Waals surface area (Å²) in [6.07, 6.45) is 0. The predicted octanol–water partition coefficient (Wildman–Crippen LogP) is 3.04. The molecular weight excluding hydrogens is 302 g/mol. The molecule has 0 aromatic heterocycles. The van der Waals surface area contributed by atoms with Gasteiger partial charge in [0.1, 0.15) is 13.8 Å². The van der Waals surface area contributed by atoms with Crippen molar-refractivity contribution in [1.82, 2.24) is 0 Å². The average molecular weight is 328 g/mol. The number of rotatable bonds is 5. The highest BCUT2D eigenvalue weighted by atomic mass is 28.3. The van der Waals surface area contributed by atoms with Crippen LogP contribution in [0.3, 0.4) is 0 Å². The molecule has 0 fully saturated rings. The van der Waals surface area contributed by atoms with Gasteiger partial charge >= 0.3 is 0 Å². The van der Waals surface area contributed by atoms with Gasteiger partial charge in [-0.05, 0) is 40.7 Å². The fourth-order valence-electron chi connectivity index (χ4n) is 2.71. The molecule has 2 aromatic rings. The van der Waals surface area contributed by atoms with Crippen LogP contribution in [0.1, 0.15) is 0 Å². The zero-order valence-electron chi connectivity index (χ0n) is 14.8. The molecule has 0 aliphatic heterocycles. The van der Waals surface area contributed by atoms with Gasteiger partial charge in [-0.15, -0.1) is 4.91 Å². The van der Waals surface area contributed by atoms with E-state index in [1.807, 2.05) is 40.3 Å². The van der Waals surface area contributed by atoms with Gasteiger partial charge in [0.05, 0.1) is 0 Å². The molecule has 0 heterocycles. The molecule has 0 radical (unpaired) electrons. The highest BCUT2D eigenvalue weighted by Gasteiger charge is 2.30. The molecule has 5 heteroatoms. The Morgan fingerprint density at radius 3 is 2.04 bits per heavy atom. The number of nitroso groups, excluding NO2 is 1. The molecule has 0 saturated carbocycles. The van der Waals surface area contributed by atoms with Crippen molar-refractivity contribution in [3.8, 4) is 0 Å². The first kappa shape index (κ1) is 17.2. The minimum absolute atomic E-state index is 0.558. The van der Waals surface area contributed by atoms with Gasteiger partial charge < -0.3 is 9.80 Å². The van der Waals surface area contributed by atoms with Crippen LogP contribution in [-0.2, 0) is 0 Å². The summed E-state index contributed by atoms with van der Waals surface area (Å²) >= 11 is 0. The van der Waals surface area contributed by atoms with Gasteiger partial charge in [0.25, 0.3) is 0 Å². The van der Waals surface area contributed by atoms with Gasteiger partial charge in [0.2, 0.25) is 0 Å². The second-order valence-corrected chi connectivity index (χ2v) is 11.1. The van der Waals surface area contributed by atoms with Gasteiger partial charge in [-0.1, -0.05) is 30.4 Å². The Hall–Kier alpha value is -2.14. The molecule has 0 amide bonds. The van der Waals surface area contributed by atoms with E-state index in [9.17, 15) is 4.91 Å². The molecule has 4 nitrogen and oxygen atoms in total. The second-order valence-electron chi connectivity index (χ2n) is 6.76.